The number of para-hydroxylation sites is 1. The Morgan fingerprint density at radius 3 is 2.73 bits per heavy atom. The number of carbonyl (C=O) groups is 1. The molecule has 1 aliphatic rings. The molecule has 1 N–H and O–H groups in total. The molecule has 0 radical (unpaired) electrons. The van der Waals surface area contributed by atoms with Crippen LogP contribution in [0.25, 0.3) is 17.1 Å². The minimum atomic E-state index is -0.155. The Kier molecular flexibility index (Phi) is 5.93. The highest BCUT2D eigenvalue weighted by Crippen LogP contribution is 2.37. The fourth-order valence-corrected chi connectivity index (χ4v) is 4.38. The molecule has 33 heavy (non-hydrogen) atoms. The van der Waals surface area contributed by atoms with Crippen LogP contribution in [-0.4, -0.2) is 33.2 Å². The molecular weight excluding hydrogens is 460 g/mol. The summed E-state index contributed by atoms with van der Waals surface area (Å²) in [7, 11) is 0. The number of halogens is 1. The van der Waals surface area contributed by atoms with E-state index in [-0.39, 0.29) is 18.5 Å². The van der Waals surface area contributed by atoms with Crippen LogP contribution in [-0.2, 0) is 4.79 Å². The topological polar surface area (TPSA) is 78.3 Å². The zero-order valence-electron chi connectivity index (χ0n) is 17.6. The molecule has 3 aromatic carbocycles. The van der Waals surface area contributed by atoms with Gasteiger partial charge in [0.2, 0.25) is 12.7 Å². The molecule has 9 heteroatoms. The van der Waals surface area contributed by atoms with Gasteiger partial charge in [0.25, 0.3) is 0 Å². The van der Waals surface area contributed by atoms with Gasteiger partial charge in [-0.15, -0.1) is 10.2 Å². The third-order valence-electron chi connectivity index (χ3n) is 5.15. The maximum Gasteiger partial charge on any atom is 0.234 e. The number of anilines is 1. The van der Waals surface area contributed by atoms with Gasteiger partial charge in [-0.1, -0.05) is 47.6 Å². The van der Waals surface area contributed by atoms with Crippen molar-refractivity contribution >= 4 is 35.0 Å². The maximum atomic E-state index is 12.6. The van der Waals surface area contributed by atoms with Crippen LogP contribution in [0, 0.1) is 6.92 Å². The first-order valence-corrected chi connectivity index (χ1v) is 11.5. The van der Waals surface area contributed by atoms with Gasteiger partial charge in [-0.2, -0.15) is 0 Å². The molecule has 1 amide bonds. The van der Waals surface area contributed by atoms with Crippen molar-refractivity contribution < 1.29 is 14.3 Å². The van der Waals surface area contributed by atoms with Crippen LogP contribution in [0.15, 0.2) is 71.9 Å². The SMILES string of the molecule is Cc1c(Cl)cccc1NC(=O)CSc1nnc(-c2ccc3c(c2)OCO3)n1-c1ccccc1. The molecule has 0 atom stereocenters. The van der Waals surface area contributed by atoms with Crippen molar-refractivity contribution in [1.82, 2.24) is 14.8 Å². The van der Waals surface area contributed by atoms with E-state index >= 15 is 0 Å². The molecule has 0 unspecified atom stereocenters. The molecule has 0 saturated carbocycles. The average molecular weight is 479 g/mol. The fraction of sp³-hybridized carbons (Fsp3) is 0.125. The summed E-state index contributed by atoms with van der Waals surface area (Å²) in [6.45, 7) is 2.07. The first-order valence-electron chi connectivity index (χ1n) is 10.2. The minimum Gasteiger partial charge on any atom is -0.454 e. The Labute approximate surface area is 199 Å². The van der Waals surface area contributed by atoms with Crippen LogP contribution in [0.3, 0.4) is 0 Å². The normalized spacial score (nSPS) is 12.1. The van der Waals surface area contributed by atoms with Crippen LogP contribution in [0.2, 0.25) is 5.02 Å². The number of thioether (sulfide) groups is 1. The van der Waals surface area contributed by atoms with Gasteiger partial charge in [0, 0.05) is 22.0 Å². The second kappa shape index (κ2) is 9.17. The number of amides is 1. The Bertz CT molecular complexity index is 1330. The number of nitrogens with one attached hydrogen (secondary N) is 1. The molecule has 1 aromatic heterocycles. The van der Waals surface area contributed by atoms with Crippen molar-refractivity contribution in [2.45, 2.75) is 12.1 Å². The van der Waals surface area contributed by atoms with Crippen LogP contribution in [0.1, 0.15) is 5.56 Å². The minimum absolute atomic E-state index is 0.155. The molecule has 7 nitrogen and oxygen atoms in total. The number of hydrogen-bond acceptors (Lipinski definition) is 6. The molecule has 0 bridgehead atoms. The van der Waals surface area contributed by atoms with Gasteiger partial charge in [0.05, 0.1) is 5.75 Å². The monoisotopic (exact) mass is 478 g/mol. The predicted molar refractivity (Wildman–Crippen MR) is 128 cm³/mol. The molecule has 0 spiro atoms. The smallest absolute Gasteiger partial charge is 0.234 e. The first kappa shape index (κ1) is 21.4. The van der Waals surface area contributed by atoms with E-state index < -0.39 is 0 Å². The first-order chi connectivity index (χ1) is 16.1. The lowest BCUT2D eigenvalue weighted by Gasteiger charge is -2.11. The number of fused-ring (bicyclic) bond motifs is 1. The Balaban J connectivity index is 1.42. The fourth-order valence-electron chi connectivity index (χ4n) is 3.46. The van der Waals surface area contributed by atoms with Crippen molar-refractivity contribution in [3.8, 4) is 28.6 Å². The van der Waals surface area contributed by atoms with E-state index in [1.807, 2.05) is 72.2 Å². The number of carbonyl (C=O) groups excluding carboxylic acids is 1. The van der Waals surface area contributed by atoms with Gasteiger partial charge < -0.3 is 14.8 Å². The van der Waals surface area contributed by atoms with E-state index in [2.05, 4.69) is 15.5 Å². The molecule has 5 rings (SSSR count). The summed E-state index contributed by atoms with van der Waals surface area (Å²) in [6.07, 6.45) is 0. The summed E-state index contributed by atoms with van der Waals surface area (Å²) in [5, 5.41) is 12.9. The summed E-state index contributed by atoms with van der Waals surface area (Å²) >= 11 is 7.47. The van der Waals surface area contributed by atoms with Crippen molar-refractivity contribution in [2.24, 2.45) is 0 Å². The predicted octanol–water partition coefficient (Wildman–Crippen LogP) is 5.36. The molecule has 0 fully saturated rings. The largest absolute Gasteiger partial charge is 0.454 e. The van der Waals surface area contributed by atoms with Crippen molar-refractivity contribution in [2.75, 3.05) is 17.9 Å². The Hall–Kier alpha value is -3.49. The second-order valence-electron chi connectivity index (χ2n) is 7.29. The standard InChI is InChI=1S/C24H19ClN4O3S/c1-15-18(25)8-5-9-19(15)26-22(30)13-33-24-28-27-23(29(24)17-6-3-2-4-7-17)16-10-11-20-21(12-16)32-14-31-20/h2-12H,13-14H2,1H3,(H,26,30). The zero-order chi connectivity index (χ0) is 22.8. The van der Waals surface area contributed by atoms with Crippen LogP contribution >= 0.6 is 23.4 Å². The third kappa shape index (κ3) is 4.40. The van der Waals surface area contributed by atoms with E-state index in [0.717, 1.165) is 16.8 Å². The maximum absolute atomic E-state index is 12.6. The highest BCUT2D eigenvalue weighted by molar-refractivity contribution is 7.99. The van der Waals surface area contributed by atoms with Crippen LogP contribution < -0.4 is 14.8 Å². The lowest BCUT2D eigenvalue weighted by molar-refractivity contribution is -0.113. The van der Waals surface area contributed by atoms with E-state index in [1.54, 1.807) is 6.07 Å². The van der Waals surface area contributed by atoms with Gasteiger partial charge in [-0.3, -0.25) is 9.36 Å². The highest BCUT2D eigenvalue weighted by atomic mass is 35.5. The van der Waals surface area contributed by atoms with Gasteiger partial charge in [-0.25, -0.2) is 0 Å². The van der Waals surface area contributed by atoms with E-state index in [1.165, 1.54) is 11.8 Å². The quantitative estimate of drug-likeness (QED) is 0.376. The molecule has 0 aliphatic carbocycles. The Morgan fingerprint density at radius 2 is 1.88 bits per heavy atom. The lowest BCUT2D eigenvalue weighted by Crippen LogP contribution is -2.15. The summed E-state index contributed by atoms with van der Waals surface area (Å²) in [5.41, 5.74) is 3.25. The number of hydrogen-bond donors (Lipinski definition) is 1. The molecule has 2 heterocycles. The van der Waals surface area contributed by atoms with Gasteiger partial charge in [0.15, 0.2) is 22.5 Å². The number of aromatic nitrogens is 3. The summed E-state index contributed by atoms with van der Waals surface area (Å²) in [5.74, 6) is 2.02. The average Bonchev–Trinajstić information content (AvgIpc) is 3.47. The van der Waals surface area contributed by atoms with Crippen molar-refractivity contribution in [3.05, 3.63) is 77.3 Å². The molecule has 166 valence electrons. The summed E-state index contributed by atoms with van der Waals surface area (Å²) < 4.78 is 12.9. The number of rotatable bonds is 6. The number of ether oxygens (including phenoxy) is 2. The highest BCUT2D eigenvalue weighted by Gasteiger charge is 2.20. The van der Waals surface area contributed by atoms with Crippen LogP contribution in [0.4, 0.5) is 5.69 Å². The molecular formula is C24H19ClN4O3S. The number of benzene rings is 3. The summed E-state index contributed by atoms with van der Waals surface area (Å²) in [4.78, 5) is 12.6. The Morgan fingerprint density at radius 1 is 1.06 bits per heavy atom. The second-order valence-corrected chi connectivity index (χ2v) is 8.64. The molecule has 0 saturated heterocycles. The van der Waals surface area contributed by atoms with E-state index in [4.69, 9.17) is 21.1 Å². The van der Waals surface area contributed by atoms with E-state index in [9.17, 15) is 4.79 Å². The molecule has 1 aliphatic heterocycles. The third-order valence-corrected chi connectivity index (χ3v) is 6.49. The van der Waals surface area contributed by atoms with Crippen LogP contribution in [0.5, 0.6) is 11.5 Å². The van der Waals surface area contributed by atoms with Crippen molar-refractivity contribution in [3.63, 3.8) is 0 Å². The van der Waals surface area contributed by atoms with Gasteiger partial charge in [0.1, 0.15) is 0 Å². The lowest BCUT2D eigenvalue weighted by atomic mass is 10.2. The zero-order valence-corrected chi connectivity index (χ0v) is 19.2. The van der Waals surface area contributed by atoms with Gasteiger partial charge in [-0.05, 0) is 55.0 Å². The van der Waals surface area contributed by atoms with Gasteiger partial charge >= 0.3 is 0 Å². The van der Waals surface area contributed by atoms with E-state index in [0.29, 0.717) is 33.2 Å². The molecule has 4 aromatic rings. The van der Waals surface area contributed by atoms with Crippen molar-refractivity contribution in [1.29, 1.82) is 0 Å². The summed E-state index contributed by atoms with van der Waals surface area (Å²) in [6, 6.07) is 20.9. The number of nitrogens with zero attached hydrogens (tertiary/aromatic N) is 3.